The van der Waals surface area contributed by atoms with Crippen LogP contribution >= 0.6 is 11.6 Å². The van der Waals surface area contributed by atoms with Crippen LogP contribution in [0.3, 0.4) is 0 Å². The van der Waals surface area contributed by atoms with Crippen LogP contribution in [0.25, 0.3) is 0 Å². The Morgan fingerprint density at radius 2 is 1.74 bits per heavy atom. The Morgan fingerprint density at radius 1 is 1.21 bits per heavy atom. The third-order valence-corrected chi connectivity index (χ3v) is 3.53. The highest BCUT2D eigenvalue weighted by molar-refractivity contribution is 6.32. The Balaban J connectivity index is 3.34. The Labute approximate surface area is 119 Å². The third-order valence-electron chi connectivity index (χ3n) is 3.20. The summed E-state index contributed by atoms with van der Waals surface area (Å²) in [6.07, 6.45) is 0.494. The molecule has 0 saturated heterocycles. The minimum absolute atomic E-state index is 0.183. The van der Waals surface area contributed by atoms with E-state index in [0.717, 1.165) is 5.56 Å². The van der Waals surface area contributed by atoms with E-state index in [-0.39, 0.29) is 17.6 Å². The summed E-state index contributed by atoms with van der Waals surface area (Å²) in [5.74, 6) is 1.32. The lowest BCUT2D eigenvalue weighted by Crippen LogP contribution is -2.18. The summed E-state index contributed by atoms with van der Waals surface area (Å²) in [6, 6.07) is 3.51. The highest BCUT2D eigenvalue weighted by Crippen LogP contribution is 2.39. The number of rotatable bonds is 6. The van der Waals surface area contributed by atoms with Crippen molar-refractivity contribution in [2.75, 3.05) is 14.2 Å². The van der Waals surface area contributed by atoms with Gasteiger partial charge in [0.2, 0.25) is 0 Å². The molecule has 0 aromatic heterocycles. The van der Waals surface area contributed by atoms with Crippen molar-refractivity contribution in [3.8, 4) is 11.5 Å². The molecule has 0 aliphatic rings. The monoisotopic (exact) mass is 284 g/mol. The van der Waals surface area contributed by atoms with Gasteiger partial charge in [-0.2, -0.15) is 0 Å². The van der Waals surface area contributed by atoms with Crippen LogP contribution in [0, 0.1) is 5.92 Å². The van der Waals surface area contributed by atoms with Crippen LogP contribution in [0.15, 0.2) is 12.1 Å². The molecule has 0 fully saturated rings. The first-order valence-corrected chi connectivity index (χ1v) is 6.78. The van der Waals surface area contributed by atoms with Gasteiger partial charge >= 0.3 is 0 Å². The molecule has 19 heavy (non-hydrogen) atoms. The van der Waals surface area contributed by atoms with Crippen molar-refractivity contribution in [1.82, 2.24) is 0 Å². The maximum atomic E-state index is 12.1. The number of ether oxygens (including phenoxy) is 2. The number of hydrogen-bond acceptors (Lipinski definition) is 3. The van der Waals surface area contributed by atoms with E-state index in [1.165, 1.54) is 0 Å². The molecular formula is C15H21ClO3. The Kier molecular flexibility index (Phi) is 5.67. The largest absolute Gasteiger partial charge is 0.493 e. The second kappa shape index (κ2) is 6.80. The Hall–Kier alpha value is -1.22. The normalized spacial score (nSPS) is 12.4. The first-order valence-electron chi connectivity index (χ1n) is 6.40. The van der Waals surface area contributed by atoms with Crippen molar-refractivity contribution in [2.24, 2.45) is 5.92 Å². The third kappa shape index (κ3) is 3.41. The molecule has 0 spiro atoms. The molecule has 0 amide bonds. The second-order valence-electron chi connectivity index (χ2n) is 4.77. The van der Waals surface area contributed by atoms with E-state index >= 15 is 0 Å². The first kappa shape index (κ1) is 15.8. The summed E-state index contributed by atoms with van der Waals surface area (Å²) in [4.78, 5) is 12.1. The van der Waals surface area contributed by atoms with Gasteiger partial charge in [-0.25, -0.2) is 0 Å². The molecule has 0 heterocycles. The molecule has 106 valence electrons. The van der Waals surface area contributed by atoms with Crippen LogP contribution in [-0.2, 0) is 4.79 Å². The number of ketones is 1. The fourth-order valence-corrected chi connectivity index (χ4v) is 2.50. The van der Waals surface area contributed by atoms with Gasteiger partial charge in [0, 0.05) is 23.4 Å². The van der Waals surface area contributed by atoms with Crippen molar-refractivity contribution in [1.29, 1.82) is 0 Å². The molecule has 0 aliphatic carbocycles. The number of Topliss-reactive ketones (excluding diaryl/α,β-unsaturated/α-hetero) is 1. The van der Waals surface area contributed by atoms with Crippen molar-refractivity contribution in [3.05, 3.63) is 22.7 Å². The van der Waals surface area contributed by atoms with Gasteiger partial charge in [-0.3, -0.25) is 4.79 Å². The van der Waals surface area contributed by atoms with E-state index in [1.807, 2.05) is 20.8 Å². The van der Waals surface area contributed by atoms with Crippen LogP contribution in [0.1, 0.15) is 38.7 Å². The standard InChI is InChI=1S/C15H21ClO3/c1-6-12(17)15(9(2)3)10-7-13(18-4)14(19-5)8-11(10)16/h7-9,15H,6H2,1-5H3. The molecule has 0 radical (unpaired) electrons. The lowest BCUT2D eigenvalue weighted by atomic mass is 9.84. The zero-order chi connectivity index (χ0) is 14.6. The van der Waals surface area contributed by atoms with Crippen molar-refractivity contribution < 1.29 is 14.3 Å². The van der Waals surface area contributed by atoms with E-state index in [2.05, 4.69) is 0 Å². The SMILES string of the molecule is CCC(=O)C(c1cc(OC)c(OC)cc1Cl)C(C)C. The van der Waals surface area contributed by atoms with Crippen LogP contribution < -0.4 is 9.47 Å². The summed E-state index contributed by atoms with van der Waals surface area (Å²) in [5, 5.41) is 0.540. The summed E-state index contributed by atoms with van der Waals surface area (Å²) in [5.41, 5.74) is 0.807. The van der Waals surface area contributed by atoms with Gasteiger partial charge in [0.05, 0.1) is 14.2 Å². The molecule has 0 aliphatic heterocycles. The van der Waals surface area contributed by atoms with Gasteiger partial charge in [-0.15, -0.1) is 0 Å². The predicted octanol–water partition coefficient (Wildman–Crippen LogP) is 4.08. The number of carbonyl (C=O) groups is 1. The smallest absolute Gasteiger partial charge is 0.162 e. The molecular weight excluding hydrogens is 264 g/mol. The number of carbonyl (C=O) groups excluding carboxylic acids is 1. The predicted molar refractivity (Wildman–Crippen MR) is 77.4 cm³/mol. The van der Waals surface area contributed by atoms with Gasteiger partial charge in [0.15, 0.2) is 11.5 Å². The maximum absolute atomic E-state index is 12.1. The molecule has 4 heteroatoms. The number of methoxy groups -OCH3 is 2. The van der Waals surface area contributed by atoms with Crippen LogP contribution in [0.2, 0.25) is 5.02 Å². The second-order valence-corrected chi connectivity index (χ2v) is 5.18. The van der Waals surface area contributed by atoms with Gasteiger partial charge in [-0.05, 0) is 17.5 Å². The Morgan fingerprint density at radius 3 is 2.16 bits per heavy atom. The van der Waals surface area contributed by atoms with E-state index in [0.29, 0.717) is 22.9 Å². The molecule has 1 unspecified atom stereocenters. The lowest BCUT2D eigenvalue weighted by Gasteiger charge is -2.22. The van der Waals surface area contributed by atoms with Crippen molar-refractivity contribution >= 4 is 17.4 Å². The minimum atomic E-state index is -0.211. The highest BCUT2D eigenvalue weighted by atomic mass is 35.5. The van der Waals surface area contributed by atoms with Gasteiger partial charge < -0.3 is 9.47 Å². The zero-order valence-electron chi connectivity index (χ0n) is 12.1. The molecule has 0 saturated carbocycles. The molecule has 1 aromatic carbocycles. The number of halogens is 1. The van der Waals surface area contributed by atoms with Crippen molar-refractivity contribution in [3.63, 3.8) is 0 Å². The number of hydrogen-bond donors (Lipinski definition) is 0. The van der Waals surface area contributed by atoms with Gasteiger partial charge in [0.1, 0.15) is 5.78 Å². The van der Waals surface area contributed by atoms with Gasteiger partial charge in [0.25, 0.3) is 0 Å². The van der Waals surface area contributed by atoms with Crippen LogP contribution in [0.4, 0.5) is 0 Å². The van der Waals surface area contributed by atoms with E-state index in [9.17, 15) is 4.79 Å². The molecule has 1 rings (SSSR count). The minimum Gasteiger partial charge on any atom is -0.493 e. The average molecular weight is 285 g/mol. The molecule has 1 atom stereocenters. The molecule has 0 bridgehead atoms. The highest BCUT2D eigenvalue weighted by Gasteiger charge is 2.26. The summed E-state index contributed by atoms with van der Waals surface area (Å²) in [7, 11) is 3.13. The topological polar surface area (TPSA) is 35.5 Å². The van der Waals surface area contributed by atoms with E-state index in [1.54, 1.807) is 26.4 Å². The van der Waals surface area contributed by atoms with E-state index in [4.69, 9.17) is 21.1 Å². The van der Waals surface area contributed by atoms with Crippen LogP contribution in [-0.4, -0.2) is 20.0 Å². The maximum Gasteiger partial charge on any atom is 0.162 e. The molecule has 1 aromatic rings. The van der Waals surface area contributed by atoms with E-state index < -0.39 is 0 Å². The zero-order valence-corrected chi connectivity index (χ0v) is 12.9. The fourth-order valence-electron chi connectivity index (χ4n) is 2.23. The van der Waals surface area contributed by atoms with Crippen molar-refractivity contribution in [2.45, 2.75) is 33.1 Å². The average Bonchev–Trinajstić information content (AvgIpc) is 2.39. The summed E-state index contributed by atoms with van der Waals surface area (Å²) in [6.45, 7) is 5.91. The molecule has 0 N–H and O–H groups in total. The quantitative estimate of drug-likeness (QED) is 0.790. The lowest BCUT2D eigenvalue weighted by molar-refractivity contribution is -0.121. The Bertz CT molecular complexity index is 455. The summed E-state index contributed by atoms with van der Waals surface area (Å²) >= 11 is 6.29. The first-order chi connectivity index (χ1) is 8.96. The fraction of sp³-hybridized carbons (Fsp3) is 0.533. The summed E-state index contributed by atoms with van der Waals surface area (Å²) < 4.78 is 10.5. The number of benzene rings is 1. The molecule has 3 nitrogen and oxygen atoms in total. The van der Waals surface area contributed by atoms with Gasteiger partial charge in [-0.1, -0.05) is 32.4 Å². The van der Waals surface area contributed by atoms with Crippen LogP contribution in [0.5, 0.6) is 11.5 Å².